The summed E-state index contributed by atoms with van der Waals surface area (Å²) in [5.41, 5.74) is -3.09. The molecule has 0 saturated heterocycles. The fourth-order valence-electron chi connectivity index (χ4n) is 1.20. The summed E-state index contributed by atoms with van der Waals surface area (Å²) in [6, 6.07) is 3.94. The van der Waals surface area contributed by atoms with Gasteiger partial charge in [0.1, 0.15) is 11.7 Å². The van der Waals surface area contributed by atoms with Gasteiger partial charge in [0.15, 0.2) is 0 Å². The molecule has 0 spiro atoms. The normalized spacial score (nSPS) is 11.8. The van der Waals surface area contributed by atoms with E-state index in [1.165, 1.54) is 13.8 Å². The Balaban J connectivity index is 3.12. The number of aliphatic hydroxyl groups is 1. The maximum Gasteiger partial charge on any atom is 0.416 e. The number of nitriles is 1. The van der Waals surface area contributed by atoms with Crippen molar-refractivity contribution in [2.45, 2.75) is 25.6 Å². The van der Waals surface area contributed by atoms with Crippen LogP contribution < -0.4 is 5.32 Å². The van der Waals surface area contributed by atoms with Crippen molar-refractivity contribution in [3.8, 4) is 6.07 Å². The second kappa shape index (κ2) is 4.90. The van der Waals surface area contributed by atoms with Crippen LogP contribution >= 0.6 is 0 Å². The van der Waals surface area contributed by atoms with Gasteiger partial charge >= 0.3 is 6.18 Å². The van der Waals surface area contributed by atoms with E-state index in [0.717, 1.165) is 12.1 Å². The van der Waals surface area contributed by atoms with Gasteiger partial charge in [-0.05, 0) is 32.0 Å². The Hall–Kier alpha value is -2.07. The summed E-state index contributed by atoms with van der Waals surface area (Å²) < 4.78 is 37.4. The lowest BCUT2D eigenvalue weighted by atomic mass is 10.1. The lowest BCUT2D eigenvalue weighted by Gasteiger charge is -2.17. The highest BCUT2D eigenvalue weighted by molar-refractivity contribution is 5.97. The highest BCUT2D eigenvalue weighted by Gasteiger charge is 2.31. The van der Waals surface area contributed by atoms with E-state index in [-0.39, 0.29) is 11.3 Å². The summed E-state index contributed by atoms with van der Waals surface area (Å²) in [6.07, 6.45) is -4.57. The van der Waals surface area contributed by atoms with E-state index in [0.29, 0.717) is 6.07 Å². The van der Waals surface area contributed by atoms with E-state index >= 15 is 0 Å². The van der Waals surface area contributed by atoms with Gasteiger partial charge in [0.25, 0.3) is 5.91 Å². The molecule has 0 aliphatic heterocycles. The lowest BCUT2D eigenvalue weighted by Crippen LogP contribution is -2.36. The number of nitrogens with one attached hydrogen (secondary N) is 1. The number of hydrogen-bond donors (Lipinski definition) is 2. The van der Waals surface area contributed by atoms with Crippen molar-refractivity contribution in [2.24, 2.45) is 0 Å². The number of carbonyl (C=O) groups excluding carboxylic acids is 1. The summed E-state index contributed by atoms with van der Waals surface area (Å²) >= 11 is 0. The van der Waals surface area contributed by atoms with Crippen molar-refractivity contribution in [1.29, 1.82) is 5.26 Å². The number of hydrogen-bond acceptors (Lipinski definition) is 3. The van der Waals surface area contributed by atoms with Crippen LogP contribution in [0.4, 0.5) is 18.9 Å². The van der Waals surface area contributed by atoms with Gasteiger partial charge in [0.2, 0.25) is 0 Å². The van der Waals surface area contributed by atoms with Gasteiger partial charge in [0, 0.05) is 0 Å². The Morgan fingerprint density at radius 1 is 1.37 bits per heavy atom. The van der Waals surface area contributed by atoms with Gasteiger partial charge in [-0.1, -0.05) is 0 Å². The molecule has 1 aromatic carbocycles. The molecule has 0 fully saturated rings. The molecule has 1 amide bonds. The van der Waals surface area contributed by atoms with Crippen molar-refractivity contribution in [1.82, 2.24) is 0 Å². The lowest BCUT2D eigenvalue weighted by molar-refractivity contribution is -0.137. The smallest absolute Gasteiger partial charge is 0.381 e. The van der Waals surface area contributed by atoms with Gasteiger partial charge in [-0.2, -0.15) is 18.4 Å². The van der Waals surface area contributed by atoms with Crippen molar-refractivity contribution < 1.29 is 23.1 Å². The molecular formula is C12H11F3N2O2. The van der Waals surface area contributed by atoms with Crippen LogP contribution in [0.5, 0.6) is 0 Å². The fourth-order valence-corrected chi connectivity index (χ4v) is 1.20. The zero-order chi connectivity index (χ0) is 14.8. The highest BCUT2D eigenvalue weighted by atomic mass is 19.4. The minimum absolute atomic E-state index is 0.0809. The Bertz CT molecular complexity index is 539. The highest BCUT2D eigenvalue weighted by Crippen LogP contribution is 2.31. The Labute approximate surface area is 107 Å². The Morgan fingerprint density at radius 3 is 2.37 bits per heavy atom. The first-order chi connectivity index (χ1) is 8.55. The maximum absolute atomic E-state index is 12.5. The molecule has 0 radical (unpaired) electrons. The maximum atomic E-state index is 12.5. The monoisotopic (exact) mass is 272 g/mol. The fraction of sp³-hybridized carbons (Fsp3) is 0.333. The van der Waals surface area contributed by atoms with Crippen LogP contribution in [0.3, 0.4) is 0 Å². The van der Waals surface area contributed by atoms with Crippen LogP contribution in [0.1, 0.15) is 25.0 Å². The second-order valence-corrected chi connectivity index (χ2v) is 4.38. The molecule has 0 atom stereocenters. The first-order valence-corrected chi connectivity index (χ1v) is 5.21. The molecule has 1 rings (SSSR count). The van der Waals surface area contributed by atoms with E-state index in [2.05, 4.69) is 5.32 Å². The molecule has 1 aromatic rings. The van der Waals surface area contributed by atoms with Gasteiger partial charge in [-0.25, -0.2) is 0 Å². The molecule has 0 heterocycles. The second-order valence-electron chi connectivity index (χ2n) is 4.38. The molecule has 7 heteroatoms. The molecule has 19 heavy (non-hydrogen) atoms. The first-order valence-electron chi connectivity index (χ1n) is 5.21. The SMILES string of the molecule is CC(C)(O)C(=O)Nc1ccc(C(F)(F)F)cc1C#N. The van der Waals surface area contributed by atoms with Crippen molar-refractivity contribution in [3.63, 3.8) is 0 Å². The molecule has 2 N–H and O–H groups in total. The van der Waals surface area contributed by atoms with Crippen LogP contribution in [0.2, 0.25) is 0 Å². The van der Waals surface area contributed by atoms with Gasteiger partial charge in [0.05, 0.1) is 16.8 Å². The predicted molar refractivity (Wildman–Crippen MR) is 61.1 cm³/mol. The van der Waals surface area contributed by atoms with Gasteiger partial charge in [-0.15, -0.1) is 0 Å². The van der Waals surface area contributed by atoms with Crippen LogP contribution in [0.25, 0.3) is 0 Å². The predicted octanol–water partition coefficient (Wildman–Crippen LogP) is 2.29. The van der Waals surface area contributed by atoms with Gasteiger partial charge < -0.3 is 10.4 Å². The van der Waals surface area contributed by atoms with Crippen molar-refractivity contribution in [2.75, 3.05) is 5.32 Å². The average molecular weight is 272 g/mol. The number of amides is 1. The molecule has 0 bridgehead atoms. The molecule has 0 aliphatic rings. The third-order valence-electron chi connectivity index (χ3n) is 2.27. The molecule has 102 valence electrons. The summed E-state index contributed by atoms with van der Waals surface area (Å²) in [5.74, 6) is -0.816. The quantitative estimate of drug-likeness (QED) is 0.867. The number of nitrogens with zero attached hydrogens (tertiary/aromatic N) is 1. The van der Waals surface area contributed by atoms with Crippen molar-refractivity contribution >= 4 is 11.6 Å². The van der Waals surface area contributed by atoms with Crippen LogP contribution in [0, 0.1) is 11.3 Å². The minimum Gasteiger partial charge on any atom is -0.381 e. The third-order valence-corrected chi connectivity index (χ3v) is 2.27. The summed E-state index contributed by atoms with van der Waals surface area (Å²) in [7, 11) is 0. The Kier molecular flexibility index (Phi) is 3.86. The molecule has 0 aliphatic carbocycles. The van der Waals surface area contributed by atoms with Crippen LogP contribution in [0.15, 0.2) is 18.2 Å². The number of anilines is 1. The number of rotatable bonds is 2. The van der Waals surface area contributed by atoms with E-state index in [9.17, 15) is 23.1 Å². The Morgan fingerprint density at radius 2 is 1.95 bits per heavy atom. The van der Waals surface area contributed by atoms with Gasteiger partial charge in [-0.3, -0.25) is 4.79 Å². The zero-order valence-corrected chi connectivity index (χ0v) is 10.2. The molecule has 4 nitrogen and oxygen atoms in total. The standard InChI is InChI=1S/C12H11F3N2O2/c1-11(2,19)10(18)17-9-4-3-8(12(13,14)15)5-7(9)6-16/h3-5,19H,1-2H3,(H,17,18). The third kappa shape index (κ3) is 3.69. The molecule has 0 unspecified atom stereocenters. The van der Waals surface area contributed by atoms with Crippen LogP contribution in [-0.4, -0.2) is 16.6 Å². The summed E-state index contributed by atoms with van der Waals surface area (Å²) in [5, 5.41) is 20.4. The molecular weight excluding hydrogens is 261 g/mol. The number of halogens is 3. The van der Waals surface area contributed by atoms with Crippen LogP contribution in [-0.2, 0) is 11.0 Å². The van der Waals surface area contributed by atoms with E-state index < -0.39 is 23.2 Å². The largest absolute Gasteiger partial charge is 0.416 e. The van der Waals surface area contributed by atoms with Crippen molar-refractivity contribution in [3.05, 3.63) is 29.3 Å². The molecule has 0 aromatic heterocycles. The first kappa shape index (κ1) is 15.0. The van der Waals surface area contributed by atoms with E-state index in [1.807, 2.05) is 0 Å². The van der Waals surface area contributed by atoms with E-state index in [4.69, 9.17) is 5.26 Å². The summed E-state index contributed by atoms with van der Waals surface area (Å²) in [4.78, 5) is 11.5. The number of alkyl halides is 3. The summed E-state index contributed by atoms with van der Waals surface area (Å²) in [6.45, 7) is 2.44. The molecule has 0 saturated carbocycles. The zero-order valence-electron chi connectivity index (χ0n) is 10.2. The minimum atomic E-state index is -4.57. The topological polar surface area (TPSA) is 73.1 Å². The van der Waals surface area contributed by atoms with E-state index in [1.54, 1.807) is 6.07 Å². The average Bonchev–Trinajstić information content (AvgIpc) is 2.26. The number of carbonyl (C=O) groups is 1. The number of benzene rings is 1.